The van der Waals surface area contributed by atoms with E-state index in [0.717, 1.165) is 35.0 Å². The second-order valence-corrected chi connectivity index (χ2v) is 6.00. The highest BCUT2D eigenvalue weighted by Crippen LogP contribution is 2.23. The molecule has 15 heavy (non-hydrogen) atoms. The molecule has 0 spiro atoms. The fraction of sp³-hybridized carbons (Fsp3) is 0.636. The van der Waals surface area contributed by atoms with Gasteiger partial charge in [0.25, 0.3) is 5.56 Å². The Morgan fingerprint density at radius 1 is 1.40 bits per heavy atom. The summed E-state index contributed by atoms with van der Waals surface area (Å²) in [5, 5.41) is 0. The van der Waals surface area contributed by atoms with E-state index in [1.54, 1.807) is 11.8 Å². The van der Waals surface area contributed by atoms with Gasteiger partial charge in [-0.1, -0.05) is 20.8 Å². The molecular formula is C11H16N2OS. The third-order valence-corrected chi connectivity index (χ3v) is 3.53. The summed E-state index contributed by atoms with van der Waals surface area (Å²) < 4.78 is 0. The van der Waals surface area contributed by atoms with Gasteiger partial charge in [-0.05, 0) is 12.2 Å². The van der Waals surface area contributed by atoms with Crippen molar-refractivity contribution >= 4 is 11.8 Å². The highest BCUT2D eigenvalue weighted by atomic mass is 32.2. The Morgan fingerprint density at radius 3 is 2.80 bits per heavy atom. The molecule has 1 N–H and O–H groups in total. The predicted molar refractivity (Wildman–Crippen MR) is 63.4 cm³/mol. The number of hydrogen-bond acceptors (Lipinski definition) is 3. The second-order valence-electron chi connectivity index (χ2n) is 4.89. The van der Waals surface area contributed by atoms with Crippen molar-refractivity contribution in [1.82, 2.24) is 9.97 Å². The zero-order valence-electron chi connectivity index (χ0n) is 9.39. The lowest BCUT2D eigenvalue weighted by Crippen LogP contribution is -2.27. The van der Waals surface area contributed by atoms with Crippen molar-refractivity contribution in [3.8, 4) is 0 Å². The van der Waals surface area contributed by atoms with Crippen LogP contribution in [0.15, 0.2) is 4.79 Å². The maximum Gasteiger partial charge on any atom is 0.255 e. The molecule has 0 aliphatic carbocycles. The first-order chi connectivity index (χ1) is 6.98. The highest BCUT2D eigenvalue weighted by molar-refractivity contribution is 7.98. The lowest BCUT2D eigenvalue weighted by Gasteiger charge is -2.21. The standard InChI is InChI=1S/C11H16N2OS/c1-11(2,3)10-12-8-4-5-15-6-7(8)9(14)13-10/h4-6H2,1-3H3,(H,12,13,14). The Bertz CT molecular complexity index is 431. The van der Waals surface area contributed by atoms with Crippen LogP contribution in [0.2, 0.25) is 0 Å². The van der Waals surface area contributed by atoms with Gasteiger partial charge in [-0.15, -0.1) is 0 Å². The zero-order chi connectivity index (χ0) is 11.1. The van der Waals surface area contributed by atoms with Crippen LogP contribution in [0.3, 0.4) is 0 Å². The summed E-state index contributed by atoms with van der Waals surface area (Å²) in [6.07, 6.45) is 0.924. The molecule has 0 unspecified atom stereocenters. The van der Waals surface area contributed by atoms with Gasteiger partial charge in [0.1, 0.15) is 5.82 Å². The van der Waals surface area contributed by atoms with Gasteiger partial charge in [0.15, 0.2) is 0 Å². The Balaban J connectivity index is 2.55. The summed E-state index contributed by atoms with van der Waals surface area (Å²) in [7, 11) is 0. The molecule has 2 heterocycles. The number of H-pyrrole nitrogens is 1. The van der Waals surface area contributed by atoms with Crippen LogP contribution in [-0.2, 0) is 17.6 Å². The average molecular weight is 224 g/mol. The fourth-order valence-electron chi connectivity index (χ4n) is 1.60. The summed E-state index contributed by atoms with van der Waals surface area (Å²) in [6.45, 7) is 6.19. The molecule has 1 aromatic rings. The monoisotopic (exact) mass is 224 g/mol. The van der Waals surface area contributed by atoms with E-state index in [2.05, 4.69) is 30.7 Å². The lowest BCUT2D eigenvalue weighted by atomic mass is 9.95. The first-order valence-electron chi connectivity index (χ1n) is 5.19. The topological polar surface area (TPSA) is 45.8 Å². The number of thioether (sulfide) groups is 1. The Morgan fingerprint density at radius 2 is 2.13 bits per heavy atom. The number of hydrogen-bond donors (Lipinski definition) is 1. The summed E-state index contributed by atoms with van der Waals surface area (Å²) in [4.78, 5) is 19.3. The molecule has 0 saturated heterocycles. The van der Waals surface area contributed by atoms with Crippen molar-refractivity contribution in [1.29, 1.82) is 0 Å². The van der Waals surface area contributed by atoms with Crippen LogP contribution in [0.1, 0.15) is 37.9 Å². The van der Waals surface area contributed by atoms with Crippen molar-refractivity contribution in [3.63, 3.8) is 0 Å². The van der Waals surface area contributed by atoms with Gasteiger partial charge < -0.3 is 4.98 Å². The SMILES string of the molecule is CC(C)(C)c1nc2c(c(=O)[nH]1)CSCC2. The Hall–Kier alpha value is -0.770. The van der Waals surface area contributed by atoms with Gasteiger partial charge >= 0.3 is 0 Å². The Labute approximate surface area is 93.7 Å². The summed E-state index contributed by atoms with van der Waals surface area (Å²) in [5.41, 5.74) is 1.84. The molecule has 0 amide bonds. The van der Waals surface area contributed by atoms with E-state index in [1.165, 1.54) is 0 Å². The molecule has 82 valence electrons. The van der Waals surface area contributed by atoms with Crippen molar-refractivity contribution < 1.29 is 0 Å². The quantitative estimate of drug-likeness (QED) is 0.731. The molecule has 3 nitrogen and oxygen atoms in total. The van der Waals surface area contributed by atoms with Crippen LogP contribution >= 0.6 is 11.8 Å². The molecule has 2 rings (SSSR count). The van der Waals surface area contributed by atoms with E-state index in [-0.39, 0.29) is 11.0 Å². The van der Waals surface area contributed by atoms with Crippen LogP contribution in [0, 0.1) is 0 Å². The first kappa shape index (κ1) is 10.7. The van der Waals surface area contributed by atoms with Crippen LogP contribution in [0.25, 0.3) is 0 Å². The highest BCUT2D eigenvalue weighted by Gasteiger charge is 2.21. The normalized spacial score (nSPS) is 16.2. The molecule has 0 saturated carbocycles. The van der Waals surface area contributed by atoms with E-state index in [4.69, 9.17) is 0 Å². The van der Waals surface area contributed by atoms with Gasteiger partial charge in [0.05, 0.1) is 5.69 Å². The number of nitrogens with zero attached hydrogens (tertiary/aromatic N) is 1. The molecule has 4 heteroatoms. The minimum atomic E-state index is -0.0845. The minimum Gasteiger partial charge on any atom is -0.310 e. The zero-order valence-corrected chi connectivity index (χ0v) is 10.2. The van der Waals surface area contributed by atoms with Crippen LogP contribution < -0.4 is 5.56 Å². The first-order valence-corrected chi connectivity index (χ1v) is 6.34. The third-order valence-electron chi connectivity index (χ3n) is 2.54. The minimum absolute atomic E-state index is 0.0529. The van der Waals surface area contributed by atoms with Crippen molar-refractivity contribution in [2.75, 3.05) is 5.75 Å². The van der Waals surface area contributed by atoms with Gasteiger partial charge in [-0.2, -0.15) is 11.8 Å². The van der Waals surface area contributed by atoms with Crippen LogP contribution in [0.5, 0.6) is 0 Å². The molecule has 1 aliphatic heterocycles. The van der Waals surface area contributed by atoms with Gasteiger partial charge in [-0.3, -0.25) is 4.79 Å². The average Bonchev–Trinajstić information content (AvgIpc) is 2.16. The van der Waals surface area contributed by atoms with E-state index >= 15 is 0 Å². The number of aromatic nitrogens is 2. The maximum atomic E-state index is 11.8. The van der Waals surface area contributed by atoms with Crippen LogP contribution in [-0.4, -0.2) is 15.7 Å². The number of fused-ring (bicyclic) bond motifs is 1. The maximum absolute atomic E-state index is 11.8. The van der Waals surface area contributed by atoms with Crippen molar-refractivity contribution in [3.05, 3.63) is 27.4 Å². The van der Waals surface area contributed by atoms with E-state index in [1.807, 2.05) is 0 Å². The van der Waals surface area contributed by atoms with Gasteiger partial charge in [0, 0.05) is 16.7 Å². The molecule has 0 aromatic carbocycles. The summed E-state index contributed by atoms with van der Waals surface area (Å²) in [5.74, 6) is 2.69. The summed E-state index contributed by atoms with van der Waals surface area (Å²) in [6, 6.07) is 0. The summed E-state index contributed by atoms with van der Waals surface area (Å²) >= 11 is 1.81. The van der Waals surface area contributed by atoms with E-state index in [0.29, 0.717) is 0 Å². The molecule has 1 aromatic heterocycles. The van der Waals surface area contributed by atoms with Gasteiger partial charge in [-0.25, -0.2) is 4.98 Å². The smallest absolute Gasteiger partial charge is 0.255 e. The number of nitrogens with one attached hydrogen (secondary N) is 1. The molecule has 0 fully saturated rings. The van der Waals surface area contributed by atoms with Crippen LogP contribution in [0.4, 0.5) is 0 Å². The van der Waals surface area contributed by atoms with E-state index in [9.17, 15) is 4.79 Å². The van der Waals surface area contributed by atoms with Crippen molar-refractivity contribution in [2.24, 2.45) is 0 Å². The lowest BCUT2D eigenvalue weighted by molar-refractivity contribution is 0.537. The number of aromatic amines is 1. The fourth-order valence-corrected chi connectivity index (χ4v) is 2.58. The van der Waals surface area contributed by atoms with E-state index < -0.39 is 0 Å². The molecular weight excluding hydrogens is 208 g/mol. The second kappa shape index (κ2) is 3.67. The number of rotatable bonds is 0. The molecule has 0 atom stereocenters. The van der Waals surface area contributed by atoms with Crippen molar-refractivity contribution in [2.45, 2.75) is 38.4 Å². The van der Waals surface area contributed by atoms with Gasteiger partial charge in [0.2, 0.25) is 0 Å². The molecule has 0 radical (unpaired) electrons. The third kappa shape index (κ3) is 2.09. The number of aryl methyl sites for hydroxylation is 1. The Kier molecular flexibility index (Phi) is 2.63. The predicted octanol–water partition coefficient (Wildman–Crippen LogP) is 1.86. The molecule has 1 aliphatic rings. The largest absolute Gasteiger partial charge is 0.310 e. The molecule has 0 bridgehead atoms.